The van der Waals surface area contributed by atoms with Crippen LogP contribution in [0.15, 0.2) is 78.9 Å². The Bertz CT molecular complexity index is 1150. The van der Waals surface area contributed by atoms with Crippen molar-refractivity contribution in [2.75, 3.05) is 38.7 Å². The molecule has 0 bridgehead atoms. The maximum atomic E-state index is 13.1. The van der Waals surface area contributed by atoms with E-state index >= 15 is 0 Å². The smallest absolute Gasteiger partial charge is 0.333 e. The molecule has 3 aromatic rings. The van der Waals surface area contributed by atoms with Gasteiger partial charge in [-0.05, 0) is 61.6 Å². The second-order valence-corrected chi connectivity index (χ2v) is 9.07. The second kappa shape index (κ2) is 16.0. The number of amides is 2. The van der Waals surface area contributed by atoms with Crippen molar-refractivity contribution in [2.45, 2.75) is 38.7 Å². The van der Waals surface area contributed by atoms with Gasteiger partial charge in [-0.1, -0.05) is 48.5 Å². The number of nitrogens with zero attached hydrogens (tertiary/aromatic N) is 1. The van der Waals surface area contributed by atoms with Gasteiger partial charge in [-0.15, -0.1) is 0 Å². The van der Waals surface area contributed by atoms with Gasteiger partial charge in [-0.3, -0.25) is 0 Å². The predicted octanol–water partition coefficient (Wildman–Crippen LogP) is 5.66. The van der Waals surface area contributed by atoms with Crippen LogP contribution in [0.3, 0.4) is 0 Å². The molecule has 0 saturated carbocycles. The van der Waals surface area contributed by atoms with Gasteiger partial charge in [0.25, 0.3) is 0 Å². The maximum Gasteiger partial charge on any atom is 0.333 e. The molecule has 0 heterocycles. The molecule has 0 spiro atoms. The summed E-state index contributed by atoms with van der Waals surface area (Å²) < 4.78 is 16.5. The van der Waals surface area contributed by atoms with Gasteiger partial charge < -0.3 is 29.5 Å². The van der Waals surface area contributed by atoms with Crippen molar-refractivity contribution in [1.29, 1.82) is 0 Å². The number of carboxylic acids is 1. The Morgan fingerprint density at radius 3 is 2.36 bits per heavy atom. The van der Waals surface area contributed by atoms with Gasteiger partial charge in [0.15, 0.2) is 6.10 Å². The summed E-state index contributed by atoms with van der Waals surface area (Å²) in [4.78, 5) is 26.2. The van der Waals surface area contributed by atoms with Crippen LogP contribution >= 0.6 is 0 Å². The van der Waals surface area contributed by atoms with Crippen molar-refractivity contribution in [1.82, 2.24) is 4.90 Å². The Morgan fingerprint density at radius 1 is 0.897 bits per heavy atom. The van der Waals surface area contributed by atoms with E-state index < -0.39 is 12.1 Å². The van der Waals surface area contributed by atoms with Crippen molar-refractivity contribution in [3.63, 3.8) is 0 Å². The lowest BCUT2D eigenvalue weighted by molar-refractivity contribution is -0.149. The first-order valence-corrected chi connectivity index (χ1v) is 13.3. The average molecular weight is 535 g/mol. The van der Waals surface area contributed by atoms with Gasteiger partial charge in [0.2, 0.25) is 0 Å². The molecule has 2 N–H and O–H groups in total. The highest BCUT2D eigenvalue weighted by Gasteiger charge is 2.18. The number of carbonyl (C=O) groups excluding carboxylic acids is 1. The number of rotatable bonds is 16. The fourth-order valence-electron chi connectivity index (χ4n) is 4.12. The Balaban J connectivity index is 1.55. The number of aliphatic carboxylic acids is 1. The summed E-state index contributed by atoms with van der Waals surface area (Å²) in [7, 11) is 1.59. The molecule has 0 fully saturated rings. The van der Waals surface area contributed by atoms with Crippen LogP contribution in [-0.2, 0) is 22.4 Å². The van der Waals surface area contributed by atoms with Gasteiger partial charge in [0.1, 0.15) is 18.1 Å². The summed E-state index contributed by atoms with van der Waals surface area (Å²) in [6, 6.07) is 24.7. The molecule has 39 heavy (non-hydrogen) atoms. The molecule has 1 unspecified atom stereocenters. The van der Waals surface area contributed by atoms with Crippen molar-refractivity contribution in [3.8, 4) is 11.5 Å². The summed E-state index contributed by atoms with van der Waals surface area (Å²) in [5.74, 6) is 0.345. The normalized spacial score (nSPS) is 11.4. The molecule has 8 heteroatoms. The number of urea groups is 1. The zero-order chi connectivity index (χ0) is 27.9. The highest BCUT2D eigenvalue weighted by Crippen LogP contribution is 2.18. The number of anilines is 1. The predicted molar refractivity (Wildman–Crippen MR) is 152 cm³/mol. The lowest BCUT2D eigenvalue weighted by atomic mass is 10.1. The molecule has 0 aliphatic heterocycles. The van der Waals surface area contributed by atoms with Crippen LogP contribution in [0.2, 0.25) is 0 Å². The lowest BCUT2D eigenvalue weighted by Crippen LogP contribution is -2.38. The average Bonchev–Trinajstić information content (AvgIpc) is 2.95. The third-order valence-electron chi connectivity index (χ3n) is 6.21. The van der Waals surface area contributed by atoms with Crippen molar-refractivity contribution < 1.29 is 28.9 Å². The van der Waals surface area contributed by atoms with E-state index in [2.05, 4.69) is 17.4 Å². The number of aryl methyl sites for hydroxylation is 1. The molecule has 0 aliphatic carbocycles. The summed E-state index contributed by atoms with van der Waals surface area (Å²) in [6.45, 7) is 3.44. The molecule has 3 rings (SSSR count). The zero-order valence-electron chi connectivity index (χ0n) is 22.7. The number of carbonyl (C=O) groups is 2. The topological polar surface area (TPSA) is 97.3 Å². The van der Waals surface area contributed by atoms with Crippen LogP contribution < -0.4 is 14.8 Å². The van der Waals surface area contributed by atoms with E-state index in [4.69, 9.17) is 14.2 Å². The molecule has 0 radical (unpaired) electrons. The quantitative estimate of drug-likeness (QED) is 0.230. The second-order valence-electron chi connectivity index (χ2n) is 9.07. The van der Waals surface area contributed by atoms with Crippen LogP contribution in [0.25, 0.3) is 0 Å². The van der Waals surface area contributed by atoms with Crippen LogP contribution in [0, 0.1) is 0 Å². The fraction of sp³-hybridized carbons (Fsp3) is 0.355. The SMILES string of the molecule is CCOC(Cc1ccc(OCCN(CCCCc2ccccc2)C(=O)Nc2cccc(OC)c2)cc1)C(=O)O. The monoisotopic (exact) mass is 534 g/mol. The van der Waals surface area contributed by atoms with E-state index in [0.717, 1.165) is 24.8 Å². The number of benzene rings is 3. The zero-order valence-corrected chi connectivity index (χ0v) is 22.7. The number of carboxylic acid groups (broad SMARTS) is 1. The summed E-state index contributed by atoms with van der Waals surface area (Å²) in [5.41, 5.74) is 2.80. The van der Waals surface area contributed by atoms with Crippen LogP contribution in [0.4, 0.5) is 10.5 Å². The number of unbranched alkanes of at least 4 members (excludes halogenated alkanes) is 1. The van der Waals surface area contributed by atoms with Crippen molar-refractivity contribution in [3.05, 3.63) is 90.0 Å². The molecule has 0 saturated heterocycles. The van der Waals surface area contributed by atoms with E-state index in [0.29, 0.717) is 43.5 Å². The third kappa shape index (κ3) is 10.3. The summed E-state index contributed by atoms with van der Waals surface area (Å²) >= 11 is 0. The molecule has 0 aliphatic rings. The summed E-state index contributed by atoms with van der Waals surface area (Å²) in [5, 5.41) is 12.3. The van der Waals surface area contributed by atoms with Crippen LogP contribution in [0.5, 0.6) is 11.5 Å². The van der Waals surface area contributed by atoms with E-state index in [-0.39, 0.29) is 12.5 Å². The molecule has 0 aromatic heterocycles. The number of hydrogen-bond donors (Lipinski definition) is 2. The Morgan fingerprint density at radius 2 is 1.67 bits per heavy atom. The Hall–Kier alpha value is -4.04. The van der Waals surface area contributed by atoms with E-state index in [1.165, 1.54) is 5.56 Å². The first-order chi connectivity index (χ1) is 19.0. The molecule has 1 atom stereocenters. The third-order valence-corrected chi connectivity index (χ3v) is 6.21. The van der Waals surface area contributed by atoms with Crippen molar-refractivity contribution >= 4 is 17.7 Å². The minimum atomic E-state index is -0.978. The van der Waals surface area contributed by atoms with Crippen molar-refractivity contribution in [2.24, 2.45) is 0 Å². The Labute approximate surface area is 230 Å². The minimum Gasteiger partial charge on any atom is -0.497 e. The van der Waals surface area contributed by atoms with E-state index in [1.54, 1.807) is 37.1 Å². The van der Waals surface area contributed by atoms with E-state index in [9.17, 15) is 14.7 Å². The number of nitrogens with one attached hydrogen (secondary N) is 1. The first-order valence-electron chi connectivity index (χ1n) is 13.3. The standard InChI is InChI=1S/C31H38N2O6/c1-3-38-29(30(34)35)22-25-15-17-27(18-16-25)39-21-20-33(19-8-7-12-24-10-5-4-6-11-24)31(36)32-26-13-9-14-28(23-26)37-2/h4-6,9-11,13-18,23,29H,3,7-8,12,19-22H2,1-2H3,(H,32,36)(H,34,35). The number of ether oxygens (including phenoxy) is 3. The molecular weight excluding hydrogens is 496 g/mol. The van der Waals surface area contributed by atoms with Gasteiger partial charge in [-0.2, -0.15) is 0 Å². The highest BCUT2D eigenvalue weighted by atomic mass is 16.5. The highest BCUT2D eigenvalue weighted by molar-refractivity contribution is 5.89. The van der Waals surface area contributed by atoms with Crippen LogP contribution in [0.1, 0.15) is 30.9 Å². The van der Waals surface area contributed by atoms with Gasteiger partial charge >= 0.3 is 12.0 Å². The molecule has 2 amide bonds. The van der Waals surface area contributed by atoms with E-state index in [1.807, 2.05) is 48.5 Å². The Kier molecular flexibility index (Phi) is 12.1. The molecule has 3 aromatic carbocycles. The van der Waals surface area contributed by atoms with Crippen LogP contribution in [-0.4, -0.2) is 61.5 Å². The van der Waals surface area contributed by atoms with Gasteiger partial charge in [0.05, 0.1) is 13.7 Å². The number of hydrogen-bond acceptors (Lipinski definition) is 5. The lowest BCUT2D eigenvalue weighted by Gasteiger charge is -2.23. The summed E-state index contributed by atoms with van der Waals surface area (Å²) in [6.07, 6.45) is 2.19. The molecule has 208 valence electrons. The molecular formula is C31H38N2O6. The fourth-order valence-corrected chi connectivity index (χ4v) is 4.12. The van der Waals surface area contributed by atoms with Gasteiger partial charge in [-0.25, -0.2) is 9.59 Å². The molecule has 8 nitrogen and oxygen atoms in total. The maximum absolute atomic E-state index is 13.1. The van der Waals surface area contributed by atoms with Gasteiger partial charge in [0, 0.05) is 31.3 Å². The first kappa shape index (κ1) is 29.5. The number of methoxy groups -OCH3 is 1. The minimum absolute atomic E-state index is 0.197. The largest absolute Gasteiger partial charge is 0.497 e.